The van der Waals surface area contributed by atoms with Crippen LogP contribution in [0.1, 0.15) is 17.6 Å². The first-order valence-electron chi connectivity index (χ1n) is 7.37. The van der Waals surface area contributed by atoms with Crippen LogP contribution in [0, 0.1) is 6.92 Å². The maximum atomic E-state index is 11.6. The van der Waals surface area contributed by atoms with Gasteiger partial charge in [0, 0.05) is 24.5 Å². The van der Waals surface area contributed by atoms with Crippen molar-refractivity contribution in [1.29, 1.82) is 0 Å². The Kier molecular flexibility index (Phi) is 4.66. The van der Waals surface area contributed by atoms with Gasteiger partial charge in [-0.05, 0) is 24.6 Å². The smallest absolute Gasteiger partial charge is 0.169 e. The number of halogens is 1. The fourth-order valence-corrected chi connectivity index (χ4v) is 2.91. The Morgan fingerprint density at radius 2 is 2.08 bits per heavy atom. The van der Waals surface area contributed by atoms with Gasteiger partial charge in [-0.25, -0.2) is 14.6 Å². The minimum atomic E-state index is -1.40. The lowest BCUT2D eigenvalue weighted by Gasteiger charge is -2.36. The number of aromatic nitrogens is 5. The highest BCUT2D eigenvalue weighted by Crippen LogP contribution is 2.36. The zero-order valence-corrected chi connectivity index (χ0v) is 14.1. The van der Waals surface area contributed by atoms with Crippen molar-refractivity contribution in [3.05, 3.63) is 65.7 Å². The molecule has 3 aromatic rings. The molecule has 2 heterocycles. The summed E-state index contributed by atoms with van der Waals surface area (Å²) in [5, 5.41) is 16.3. The molecule has 0 aliphatic heterocycles. The van der Waals surface area contributed by atoms with E-state index >= 15 is 0 Å². The third-order valence-electron chi connectivity index (χ3n) is 3.96. The van der Waals surface area contributed by atoms with Crippen molar-refractivity contribution in [2.75, 3.05) is 7.11 Å². The van der Waals surface area contributed by atoms with E-state index in [2.05, 4.69) is 15.1 Å². The summed E-state index contributed by atoms with van der Waals surface area (Å²) in [6, 6.07) is 7.02. The molecule has 0 saturated carbocycles. The van der Waals surface area contributed by atoms with Crippen LogP contribution in [-0.2, 0) is 16.9 Å². The van der Waals surface area contributed by atoms with Gasteiger partial charge in [0.1, 0.15) is 18.5 Å². The molecule has 7 nitrogen and oxygen atoms in total. The number of hydrogen-bond acceptors (Lipinski definition) is 5. The summed E-state index contributed by atoms with van der Waals surface area (Å²) in [5.74, 6) is 0.729. The number of methoxy groups -OCH3 is 1. The van der Waals surface area contributed by atoms with Crippen molar-refractivity contribution >= 4 is 11.6 Å². The van der Waals surface area contributed by atoms with Gasteiger partial charge in [-0.3, -0.25) is 0 Å². The fraction of sp³-hybridized carbons (Fsp3) is 0.312. The van der Waals surface area contributed by atoms with Gasteiger partial charge in [0.25, 0.3) is 0 Å². The van der Waals surface area contributed by atoms with E-state index in [1.54, 1.807) is 59.3 Å². The number of rotatable bonds is 6. The molecule has 0 amide bonds. The molecule has 8 heteroatoms. The molecule has 24 heavy (non-hydrogen) atoms. The Balaban J connectivity index is 2.09. The van der Waals surface area contributed by atoms with Crippen LogP contribution in [-0.4, -0.2) is 36.5 Å². The van der Waals surface area contributed by atoms with Gasteiger partial charge in [-0.1, -0.05) is 23.7 Å². The van der Waals surface area contributed by atoms with Crippen LogP contribution in [0.4, 0.5) is 0 Å². The van der Waals surface area contributed by atoms with E-state index < -0.39 is 11.8 Å². The Bertz CT molecular complexity index is 787. The van der Waals surface area contributed by atoms with Gasteiger partial charge in [-0.2, -0.15) is 5.10 Å². The van der Waals surface area contributed by atoms with Gasteiger partial charge in [0.05, 0.1) is 6.54 Å². The lowest BCUT2D eigenvalue weighted by Crippen LogP contribution is -2.42. The quantitative estimate of drug-likeness (QED) is 0.739. The topological polar surface area (TPSA) is 78.0 Å². The van der Waals surface area contributed by atoms with Crippen LogP contribution in [0.3, 0.4) is 0 Å². The van der Waals surface area contributed by atoms with Crippen LogP contribution < -0.4 is 0 Å². The summed E-state index contributed by atoms with van der Waals surface area (Å²) < 4.78 is 9.00. The van der Waals surface area contributed by atoms with Crippen molar-refractivity contribution in [2.24, 2.45) is 0 Å². The number of benzene rings is 1. The lowest BCUT2D eigenvalue weighted by molar-refractivity contribution is -0.149. The third kappa shape index (κ3) is 3.06. The number of aliphatic hydroxyl groups is 1. The number of imidazole rings is 1. The Morgan fingerprint density at radius 3 is 2.62 bits per heavy atom. The molecule has 2 atom stereocenters. The predicted molar refractivity (Wildman–Crippen MR) is 88.4 cm³/mol. The predicted octanol–water partition coefficient (Wildman–Crippen LogP) is 2.17. The summed E-state index contributed by atoms with van der Waals surface area (Å²) in [6.07, 6.45) is 5.71. The first-order chi connectivity index (χ1) is 11.5. The molecule has 1 N–H and O–H groups in total. The zero-order chi connectivity index (χ0) is 17.2. The van der Waals surface area contributed by atoms with Gasteiger partial charge in [0.2, 0.25) is 0 Å². The standard InChI is InChI=1S/C16H18ClN5O2/c1-12-19-7-8-22(12)15(24-2)16(23,9-21-11-18-10-20-21)13-3-5-14(17)6-4-13/h3-8,10-11,15,23H,9H2,1-2H3/t15-,16+/m1/s1. The van der Waals surface area contributed by atoms with Gasteiger partial charge < -0.3 is 14.4 Å². The Labute approximate surface area is 144 Å². The third-order valence-corrected chi connectivity index (χ3v) is 4.21. The van der Waals surface area contributed by atoms with Crippen LogP contribution >= 0.6 is 11.6 Å². The Morgan fingerprint density at radius 1 is 1.33 bits per heavy atom. The van der Waals surface area contributed by atoms with Gasteiger partial charge in [-0.15, -0.1) is 0 Å². The molecule has 0 fully saturated rings. The molecule has 126 valence electrons. The molecule has 0 spiro atoms. The number of aryl methyl sites for hydroxylation is 1. The SMILES string of the molecule is CO[C@@H](n1ccnc1C)[C@](O)(Cn1cncn1)c1ccc(Cl)cc1. The van der Waals surface area contributed by atoms with Crippen LogP contribution in [0.2, 0.25) is 5.02 Å². The van der Waals surface area contributed by atoms with E-state index in [-0.39, 0.29) is 6.54 Å². The minimum Gasteiger partial charge on any atom is -0.378 e. The average Bonchev–Trinajstić information content (AvgIpc) is 3.21. The van der Waals surface area contributed by atoms with Crippen LogP contribution in [0.5, 0.6) is 0 Å². The number of hydrogen-bond donors (Lipinski definition) is 1. The molecule has 0 aliphatic carbocycles. The second-order valence-electron chi connectivity index (χ2n) is 5.49. The maximum Gasteiger partial charge on any atom is 0.169 e. The summed E-state index contributed by atoms with van der Waals surface area (Å²) in [4.78, 5) is 8.16. The maximum absolute atomic E-state index is 11.6. The Hall–Kier alpha value is -2.22. The highest BCUT2D eigenvalue weighted by molar-refractivity contribution is 6.30. The molecule has 0 unspecified atom stereocenters. The van der Waals surface area contributed by atoms with E-state index in [0.29, 0.717) is 10.6 Å². The summed E-state index contributed by atoms with van der Waals surface area (Å²) >= 11 is 5.99. The first-order valence-corrected chi connectivity index (χ1v) is 7.75. The van der Waals surface area contributed by atoms with Gasteiger partial charge in [0.15, 0.2) is 11.8 Å². The van der Waals surface area contributed by atoms with E-state index in [4.69, 9.17) is 16.3 Å². The normalized spacial score (nSPS) is 15.2. The first kappa shape index (κ1) is 16.6. The summed E-state index contributed by atoms with van der Waals surface area (Å²) in [6.45, 7) is 2.01. The molecule has 0 aliphatic rings. The number of ether oxygens (including phenoxy) is 1. The zero-order valence-electron chi connectivity index (χ0n) is 13.4. The molecule has 2 aromatic heterocycles. The lowest BCUT2D eigenvalue weighted by atomic mass is 9.91. The fourth-order valence-electron chi connectivity index (χ4n) is 2.79. The second kappa shape index (κ2) is 6.72. The minimum absolute atomic E-state index is 0.157. The molecular formula is C16H18ClN5O2. The van der Waals surface area contributed by atoms with Crippen LogP contribution in [0.25, 0.3) is 0 Å². The highest BCUT2D eigenvalue weighted by Gasteiger charge is 2.41. The van der Waals surface area contributed by atoms with E-state index in [0.717, 1.165) is 5.82 Å². The molecular weight excluding hydrogens is 330 g/mol. The van der Waals surface area contributed by atoms with E-state index in [1.165, 1.54) is 6.33 Å². The molecule has 0 saturated heterocycles. The largest absolute Gasteiger partial charge is 0.378 e. The van der Waals surface area contributed by atoms with Crippen molar-refractivity contribution in [3.63, 3.8) is 0 Å². The van der Waals surface area contributed by atoms with Crippen molar-refractivity contribution in [3.8, 4) is 0 Å². The van der Waals surface area contributed by atoms with E-state index in [1.807, 2.05) is 6.92 Å². The van der Waals surface area contributed by atoms with Gasteiger partial charge >= 0.3 is 0 Å². The molecule has 0 radical (unpaired) electrons. The van der Waals surface area contributed by atoms with Crippen molar-refractivity contribution in [1.82, 2.24) is 24.3 Å². The van der Waals surface area contributed by atoms with Crippen LogP contribution in [0.15, 0.2) is 49.3 Å². The monoisotopic (exact) mass is 347 g/mol. The highest BCUT2D eigenvalue weighted by atomic mass is 35.5. The second-order valence-corrected chi connectivity index (χ2v) is 5.93. The summed E-state index contributed by atoms with van der Waals surface area (Å²) in [5.41, 5.74) is -0.749. The molecule has 3 rings (SSSR count). The van der Waals surface area contributed by atoms with Crippen molar-refractivity contribution < 1.29 is 9.84 Å². The molecule has 0 bridgehead atoms. The number of nitrogens with zero attached hydrogens (tertiary/aromatic N) is 5. The van der Waals surface area contributed by atoms with E-state index in [9.17, 15) is 5.11 Å². The molecule has 1 aromatic carbocycles. The average molecular weight is 348 g/mol. The summed E-state index contributed by atoms with van der Waals surface area (Å²) in [7, 11) is 1.55. The van der Waals surface area contributed by atoms with Crippen molar-refractivity contribution in [2.45, 2.75) is 25.3 Å².